The molecule has 3 aromatic rings. The van der Waals surface area contributed by atoms with Crippen LogP contribution in [0.1, 0.15) is 49.3 Å². The predicted octanol–water partition coefficient (Wildman–Crippen LogP) is 3.84. The Labute approximate surface area is 209 Å². The standard InChI is InChI=1S/C28H31FN4O3/c1-28(16-36-15-25(28)34)33-8-5-17(6-9-33)20-10-18-12-26(31-14-19(18)11-23(20)29)32-27(35)22-13-21(22)24-4-2-3-7-30-24/h2-4,7,10-12,14,17,21-22,25,34H,5-6,8-9,13,15-16H2,1H3,(H,31,32,35)/t21-,22-,25+,28-/m0/s1. The lowest BCUT2D eigenvalue weighted by molar-refractivity contribution is -0.117. The van der Waals surface area contributed by atoms with Crippen LogP contribution in [0, 0.1) is 11.7 Å². The number of carbonyl (C=O) groups excluding carboxylic acids is 1. The molecule has 36 heavy (non-hydrogen) atoms. The summed E-state index contributed by atoms with van der Waals surface area (Å²) in [5.74, 6) is 0.361. The van der Waals surface area contributed by atoms with Crippen LogP contribution >= 0.6 is 0 Å². The largest absolute Gasteiger partial charge is 0.389 e. The van der Waals surface area contributed by atoms with Gasteiger partial charge < -0.3 is 15.2 Å². The van der Waals surface area contributed by atoms with Gasteiger partial charge in [-0.15, -0.1) is 0 Å². The lowest BCUT2D eigenvalue weighted by atomic mass is 9.85. The minimum Gasteiger partial charge on any atom is -0.389 e. The first kappa shape index (κ1) is 23.5. The molecule has 1 saturated carbocycles. The summed E-state index contributed by atoms with van der Waals surface area (Å²) in [6.45, 7) is 4.51. The van der Waals surface area contributed by atoms with Crippen molar-refractivity contribution in [2.75, 3.05) is 31.6 Å². The molecule has 2 saturated heterocycles. The molecule has 6 rings (SSSR count). The highest BCUT2D eigenvalue weighted by atomic mass is 19.1. The Balaban J connectivity index is 1.15. The van der Waals surface area contributed by atoms with Crippen LogP contribution in [-0.2, 0) is 9.53 Å². The fourth-order valence-corrected chi connectivity index (χ4v) is 5.85. The van der Waals surface area contributed by atoms with Gasteiger partial charge in [-0.25, -0.2) is 9.37 Å². The van der Waals surface area contributed by atoms with E-state index < -0.39 is 6.10 Å². The molecule has 1 aromatic carbocycles. The number of anilines is 1. The summed E-state index contributed by atoms with van der Waals surface area (Å²) in [6, 6.07) is 11.0. The summed E-state index contributed by atoms with van der Waals surface area (Å²) >= 11 is 0. The molecule has 3 aliphatic rings. The van der Waals surface area contributed by atoms with Crippen molar-refractivity contribution in [3.8, 4) is 0 Å². The zero-order valence-electron chi connectivity index (χ0n) is 20.4. The third kappa shape index (κ3) is 4.27. The van der Waals surface area contributed by atoms with Crippen LogP contribution in [0.3, 0.4) is 0 Å². The molecule has 0 radical (unpaired) electrons. The van der Waals surface area contributed by atoms with E-state index in [0.717, 1.165) is 43.4 Å². The molecule has 3 fully saturated rings. The van der Waals surface area contributed by atoms with E-state index in [4.69, 9.17) is 4.74 Å². The average Bonchev–Trinajstić information content (AvgIpc) is 3.63. The topological polar surface area (TPSA) is 87.6 Å². The average molecular weight is 491 g/mol. The summed E-state index contributed by atoms with van der Waals surface area (Å²) in [5, 5.41) is 14.9. The van der Waals surface area contributed by atoms with E-state index in [1.807, 2.05) is 37.3 Å². The van der Waals surface area contributed by atoms with Crippen LogP contribution in [0.2, 0.25) is 0 Å². The molecule has 0 spiro atoms. The lowest BCUT2D eigenvalue weighted by Crippen LogP contribution is -2.56. The number of carbonyl (C=O) groups is 1. The molecule has 7 nitrogen and oxygen atoms in total. The van der Waals surface area contributed by atoms with Crippen molar-refractivity contribution in [1.82, 2.24) is 14.9 Å². The second kappa shape index (κ2) is 9.18. The van der Waals surface area contributed by atoms with Gasteiger partial charge in [0, 0.05) is 35.3 Å². The van der Waals surface area contributed by atoms with Crippen molar-refractivity contribution < 1.29 is 19.0 Å². The highest BCUT2D eigenvalue weighted by Crippen LogP contribution is 2.47. The highest BCUT2D eigenvalue weighted by molar-refractivity contribution is 5.96. The van der Waals surface area contributed by atoms with Crippen LogP contribution < -0.4 is 5.32 Å². The third-order valence-electron chi connectivity index (χ3n) is 8.33. The molecule has 0 bridgehead atoms. The van der Waals surface area contributed by atoms with E-state index in [-0.39, 0.29) is 35.0 Å². The Bertz CT molecular complexity index is 1280. The van der Waals surface area contributed by atoms with Gasteiger partial charge >= 0.3 is 0 Å². The molecular formula is C28H31FN4O3. The Kier molecular flexibility index (Phi) is 5.98. The maximum absolute atomic E-state index is 15.1. The van der Waals surface area contributed by atoms with Gasteiger partial charge in [-0.05, 0) is 86.5 Å². The molecule has 1 aliphatic carbocycles. The first-order chi connectivity index (χ1) is 17.4. The molecule has 4 atom stereocenters. The van der Waals surface area contributed by atoms with Crippen molar-refractivity contribution in [1.29, 1.82) is 0 Å². The summed E-state index contributed by atoms with van der Waals surface area (Å²) in [7, 11) is 0. The number of fused-ring (bicyclic) bond motifs is 1. The number of nitrogens with one attached hydrogen (secondary N) is 1. The lowest BCUT2D eigenvalue weighted by Gasteiger charge is -2.43. The Morgan fingerprint density at radius 2 is 2.03 bits per heavy atom. The second-order valence-electron chi connectivity index (χ2n) is 10.6. The first-order valence-electron chi connectivity index (χ1n) is 12.7. The minimum absolute atomic E-state index is 0.0567. The van der Waals surface area contributed by atoms with Gasteiger partial charge in [0.25, 0.3) is 0 Å². The van der Waals surface area contributed by atoms with Crippen molar-refractivity contribution in [3.63, 3.8) is 0 Å². The number of pyridine rings is 2. The number of piperidine rings is 1. The molecule has 2 N–H and O–H groups in total. The van der Waals surface area contributed by atoms with Gasteiger partial charge in [0.15, 0.2) is 0 Å². The number of amides is 1. The fraction of sp³-hybridized carbons (Fsp3) is 0.464. The van der Waals surface area contributed by atoms with E-state index in [9.17, 15) is 9.90 Å². The van der Waals surface area contributed by atoms with Crippen LogP contribution in [0.5, 0.6) is 0 Å². The van der Waals surface area contributed by atoms with Gasteiger partial charge in [0.1, 0.15) is 11.6 Å². The van der Waals surface area contributed by atoms with Crippen LogP contribution in [0.25, 0.3) is 10.8 Å². The van der Waals surface area contributed by atoms with Crippen molar-refractivity contribution in [2.24, 2.45) is 5.92 Å². The maximum atomic E-state index is 15.1. The molecule has 2 aromatic heterocycles. The summed E-state index contributed by atoms with van der Waals surface area (Å²) < 4.78 is 20.6. The molecule has 2 aliphatic heterocycles. The molecule has 4 heterocycles. The van der Waals surface area contributed by atoms with E-state index >= 15 is 4.39 Å². The molecule has 188 valence electrons. The Hall–Kier alpha value is -2.94. The second-order valence-corrected chi connectivity index (χ2v) is 10.6. The van der Waals surface area contributed by atoms with Crippen LogP contribution in [-0.4, -0.2) is 63.8 Å². The zero-order chi connectivity index (χ0) is 24.9. The summed E-state index contributed by atoms with van der Waals surface area (Å²) in [6.07, 6.45) is 5.29. The summed E-state index contributed by atoms with van der Waals surface area (Å²) in [5.41, 5.74) is 1.28. The SMILES string of the molecule is C[C@]1(N2CCC(c3cc4cc(NC(=O)[C@H]5C[C@@H]5c5ccccn5)ncc4cc3F)CC2)COC[C@H]1O. The predicted molar refractivity (Wildman–Crippen MR) is 134 cm³/mol. The monoisotopic (exact) mass is 490 g/mol. The van der Waals surface area contributed by atoms with Crippen LogP contribution in [0.15, 0.2) is 48.8 Å². The molecule has 1 amide bonds. The number of nitrogens with zero attached hydrogens (tertiary/aromatic N) is 3. The number of benzene rings is 1. The number of hydrogen-bond acceptors (Lipinski definition) is 6. The van der Waals surface area contributed by atoms with Gasteiger partial charge in [-0.2, -0.15) is 0 Å². The van der Waals surface area contributed by atoms with Gasteiger partial charge in [0.05, 0.1) is 24.9 Å². The Morgan fingerprint density at radius 3 is 2.75 bits per heavy atom. The fourth-order valence-electron chi connectivity index (χ4n) is 5.85. The zero-order valence-corrected chi connectivity index (χ0v) is 20.4. The first-order valence-corrected chi connectivity index (χ1v) is 12.7. The van der Waals surface area contributed by atoms with E-state index in [1.165, 1.54) is 0 Å². The van der Waals surface area contributed by atoms with Crippen LogP contribution in [0.4, 0.5) is 10.2 Å². The number of likely N-dealkylation sites (tertiary alicyclic amines) is 1. The van der Waals surface area contributed by atoms with Gasteiger partial charge in [0.2, 0.25) is 5.91 Å². The number of halogens is 1. The quantitative estimate of drug-likeness (QED) is 0.565. The molecule has 0 unspecified atom stereocenters. The normalized spacial score (nSPS) is 28.9. The van der Waals surface area contributed by atoms with E-state index in [0.29, 0.717) is 30.0 Å². The molecular weight excluding hydrogens is 459 g/mol. The number of aliphatic hydroxyl groups excluding tert-OH is 1. The number of aromatic nitrogens is 2. The van der Waals surface area contributed by atoms with E-state index in [2.05, 4.69) is 20.2 Å². The third-order valence-corrected chi connectivity index (χ3v) is 8.33. The van der Waals surface area contributed by atoms with Crippen molar-refractivity contribution in [2.45, 2.75) is 49.7 Å². The van der Waals surface area contributed by atoms with Crippen molar-refractivity contribution >= 4 is 22.5 Å². The number of hydrogen-bond donors (Lipinski definition) is 2. The maximum Gasteiger partial charge on any atom is 0.229 e. The van der Waals surface area contributed by atoms with Crippen molar-refractivity contribution in [3.05, 3.63) is 65.9 Å². The van der Waals surface area contributed by atoms with Gasteiger partial charge in [-0.3, -0.25) is 14.7 Å². The Morgan fingerprint density at radius 1 is 1.19 bits per heavy atom. The number of aliphatic hydroxyl groups is 1. The smallest absolute Gasteiger partial charge is 0.229 e. The minimum atomic E-state index is -0.498. The highest BCUT2D eigenvalue weighted by Gasteiger charge is 2.46. The van der Waals surface area contributed by atoms with E-state index in [1.54, 1.807) is 18.5 Å². The van der Waals surface area contributed by atoms with Gasteiger partial charge in [-0.1, -0.05) is 6.07 Å². The summed E-state index contributed by atoms with van der Waals surface area (Å²) in [4.78, 5) is 23.8. The molecule has 8 heteroatoms. The number of ether oxygens (including phenoxy) is 1. The number of rotatable bonds is 5.